The lowest BCUT2D eigenvalue weighted by molar-refractivity contribution is -0.113. The van der Waals surface area contributed by atoms with Crippen molar-refractivity contribution < 1.29 is 18.4 Å². The highest BCUT2D eigenvalue weighted by atomic mass is 35.5. The number of imide groups is 1. The van der Waals surface area contributed by atoms with Crippen molar-refractivity contribution in [3.8, 4) is 11.3 Å². The summed E-state index contributed by atoms with van der Waals surface area (Å²) in [7, 11) is 0. The molecule has 4 nitrogen and oxygen atoms in total. The molecule has 146 valence electrons. The van der Waals surface area contributed by atoms with Gasteiger partial charge in [0.05, 0.1) is 31.2 Å². The number of thioether (sulfide) groups is 1. The molecule has 0 N–H and O–H groups in total. The van der Waals surface area contributed by atoms with Gasteiger partial charge in [-0.15, -0.1) is 0 Å². The number of halogens is 4. The van der Waals surface area contributed by atoms with Crippen molar-refractivity contribution in [2.24, 2.45) is 0 Å². The van der Waals surface area contributed by atoms with Gasteiger partial charge >= 0.3 is 0 Å². The molecular weight excluding hydrogens is 460 g/mol. The Balaban J connectivity index is 1.64. The first-order valence-electron chi connectivity index (χ1n) is 8.12. The van der Waals surface area contributed by atoms with Crippen LogP contribution in [0.4, 0.5) is 14.9 Å². The first-order valence-corrected chi connectivity index (χ1v) is 10.1. The third-order valence-corrected chi connectivity index (χ3v) is 5.85. The van der Waals surface area contributed by atoms with Gasteiger partial charge in [-0.25, -0.2) is 9.29 Å². The lowest BCUT2D eigenvalue weighted by atomic mass is 10.2. The van der Waals surface area contributed by atoms with Gasteiger partial charge in [0.1, 0.15) is 17.3 Å². The number of amides is 2. The molecule has 0 atom stereocenters. The lowest BCUT2D eigenvalue weighted by Crippen LogP contribution is -2.27. The quantitative estimate of drug-likeness (QED) is 0.379. The summed E-state index contributed by atoms with van der Waals surface area (Å²) in [5.74, 6) is -0.425. The van der Waals surface area contributed by atoms with Crippen LogP contribution in [0.3, 0.4) is 0 Å². The molecule has 4 rings (SSSR count). The maximum Gasteiger partial charge on any atom is 0.298 e. The van der Waals surface area contributed by atoms with Gasteiger partial charge in [-0.05, 0) is 54.2 Å². The summed E-state index contributed by atoms with van der Waals surface area (Å²) in [4.78, 5) is 26.1. The van der Waals surface area contributed by atoms with Gasteiger partial charge < -0.3 is 4.42 Å². The first-order chi connectivity index (χ1) is 13.8. The second-order valence-electron chi connectivity index (χ2n) is 5.91. The number of furan rings is 1. The Morgan fingerprint density at radius 3 is 2.38 bits per heavy atom. The average Bonchev–Trinajstić information content (AvgIpc) is 3.22. The van der Waals surface area contributed by atoms with Gasteiger partial charge in [0.2, 0.25) is 0 Å². The fourth-order valence-corrected chi connectivity index (χ4v) is 4.32. The number of anilines is 1. The maximum atomic E-state index is 13.4. The molecule has 0 saturated carbocycles. The summed E-state index contributed by atoms with van der Waals surface area (Å²) in [5.41, 5.74) is 0.717. The van der Waals surface area contributed by atoms with Crippen LogP contribution in [0.5, 0.6) is 0 Å². The molecule has 2 heterocycles. The highest BCUT2D eigenvalue weighted by Gasteiger charge is 2.36. The number of carbonyl (C=O) groups is 2. The molecule has 0 spiro atoms. The topological polar surface area (TPSA) is 50.5 Å². The second-order valence-corrected chi connectivity index (χ2v) is 8.13. The molecule has 3 aromatic rings. The van der Waals surface area contributed by atoms with Gasteiger partial charge in [-0.1, -0.05) is 40.9 Å². The molecule has 1 fully saturated rings. The monoisotopic (exact) mass is 467 g/mol. The van der Waals surface area contributed by atoms with E-state index in [-0.39, 0.29) is 15.6 Å². The van der Waals surface area contributed by atoms with Crippen molar-refractivity contribution in [3.05, 3.63) is 80.1 Å². The molecule has 0 unspecified atom stereocenters. The Hall–Kier alpha value is -2.25. The second kappa shape index (κ2) is 7.88. The van der Waals surface area contributed by atoms with Crippen molar-refractivity contribution in [1.82, 2.24) is 0 Å². The molecule has 9 heteroatoms. The van der Waals surface area contributed by atoms with Crippen LogP contribution in [0.2, 0.25) is 15.1 Å². The Labute approximate surface area is 183 Å². The summed E-state index contributed by atoms with van der Waals surface area (Å²) in [6.07, 6.45) is 1.45. The highest BCUT2D eigenvalue weighted by molar-refractivity contribution is 8.19. The van der Waals surface area contributed by atoms with E-state index in [0.29, 0.717) is 27.1 Å². The number of carbonyl (C=O) groups excluding carboxylic acids is 2. The number of hydrogen-bond acceptors (Lipinski definition) is 4. The molecule has 1 aliphatic rings. The third-order valence-electron chi connectivity index (χ3n) is 4.06. The van der Waals surface area contributed by atoms with E-state index in [1.807, 2.05) is 0 Å². The number of benzene rings is 2. The van der Waals surface area contributed by atoms with Crippen LogP contribution in [0.1, 0.15) is 5.76 Å². The SMILES string of the molecule is O=C1S/C(=C/c2ccc(-c3c(Cl)cccc3Cl)o2)C(=O)N1c1ccc(F)c(Cl)c1. The molecule has 0 radical (unpaired) electrons. The van der Waals surface area contributed by atoms with E-state index in [0.717, 1.165) is 22.7 Å². The predicted molar refractivity (Wildman–Crippen MR) is 114 cm³/mol. The smallest absolute Gasteiger partial charge is 0.298 e. The predicted octanol–water partition coefficient (Wildman–Crippen LogP) is 7.29. The number of rotatable bonds is 3. The average molecular weight is 469 g/mol. The largest absolute Gasteiger partial charge is 0.457 e. The lowest BCUT2D eigenvalue weighted by Gasteiger charge is -2.12. The van der Waals surface area contributed by atoms with Gasteiger partial charge in [0.15, 0.2) is 0 Å². The molecule has 29 heavy (non-hydrogen) atoms. The van der Waals surface area contributed by atoms with Gasteiger partial charge in [0, 0.05) is 6.08 Å². The standard InChI is InChI=1S/C20H9Cl3FNO3S/c21-12-2-1-3-13(22)18(12)16-7-5-11(28-16)9-17-19(26)25(20(27)29-17)10-4-6-15(24)14(23)8-10/h1-9H/b17-9+. The van der Waals surface area contributed by atoms with Crippen molar-refractivity contribution in [2.75, 3.05) is 4.90 Å². The summed E-state index contributed by atoms with van der Waals surface area (Å²) in [6, 6.07) is 12.0. The molecular formula is C20H9Cl3FNO3S. The first kappa shape index (κ1) is 20.0. The number of hydrogen-bond donors (Lipinski definition) is 0. The zero-order valence-corrected chi connectivity index (χ0v) is 17.4. The van der Waals surface area contributed by atoms with Crippen LogP contribution < -0.4 is 4.90 Å². The van der Waals surface area contributed by atoms with Crippen LogP contribution in [-0.4, -0.2) is 11.1 Å². The maximum absolute atomic E-state index is 13.4. The molecule has 0 bridgehead atoms. The Bertz CT molecular complexity index is 1170. The van der Waals surface area contributed by atoms with Crippen LogP contribution in [0.25, 0.3) is 17.4 Å². The summed E-state index contributed by atoms with van der Waals surface area (Å²) in [5, 5.41) is 0.140. The summed E-state index contributed by atoms with van der Waals surface area (Å²) < 4.78 is 19.1. The van der Waals surface area contributed by atoms with Gasteiger partial charge in [-0.2, -0.15) is 0 Å². The molecule has 2 amide bonds. The summed E-state index contributed by atoms with van der Waals surface area (Å²) in [6.45, 7) is 0. The molecule has 1 aromatic heterocycles. The van der Waals surface area contributed by atoms with E-state index >= 15 is 0 Å². The Morgan fingerprint density at radius 2 is 1.69 bits per heavy atom. The van der Waals surface area contributed by atoms with Crippen LogP contribution in [0, 0.1) is 5.82 Å². The van der Waals surface area contributed by atoms with Crippen LogP contribution in [0.15, 0.2) is 57.9 Å². The van der Waals surface area contributed by atoms with E-state index in [2.05, 4.69) is 0 Å². The fraction of sp³-hybridized carbons (Fsp3) is 0. The number of nitrogens with zero attached hydrogens (tertiary/aromatic N) is 1. The molecule has 1 aliphatic heterocycles. The van der Waals surface area contributed by atoms with E-state index < -0.39 is 17.0 Å². The van der Waals surface area contributed by atoms with Crippen molar-refractivity contribution in [2.45, 2.75) is 0 Å². The van der Waals surface area contributed by atoms with E-state index in [4.69, 9.17) is 39.2 Å². The minimum atomic E-state index is -0.640. The van der Waals surface area contributed by atoms with E-state index in [1.165, 1.54) is 18.2 Å². The zero-order valence-electron chi connectivity index (χ0n) is 14.3. The van der Waals surface area contributed by atoms with Crippen LogP contribution >= 0.6 is 46.6 Å². The molecule has 2 aromatic carbocycles. The summed E-state index contributed by atoms with van der Waals surface area (Å²) >= 11 is 18.9. The van der Waals surface area contributed by atoms with Crippen molar-refractivity contribution in [1.29, 1.82) is 0 Å². The highest BCUT2D eigenvalue weighted by Crippen LogP contribution is 2.39. The van der Waals surface area contributed by atoms with Crippen LogP contribution in [-0.2, 0) is 4.79 Å². The molecule has 0 aliphatic carbocycles. The Morgan fingerprint density at radius 1 is 0.966 bits per heavy atom. The molecule has 1 saturated heterocycles. The normalized spacial score (nSPS) is 15.6. The van der Waals surface area contributed by atoms with Crippen molar-refractivity contribution in [3.63, 3.8) is 0 Å². The minimum absolute atomic E-state index is 0.154. The Kier molecular flexibility index (Phi) is 5.44. The minimum Gasteiger partial charge on any atom is -0.457 e. The van der Waals surface area contributed by atoms with Crippen molar-refractivity contribution >= 4 is 69.5 Å². The van der Waals surface area contributed by atoms with Gasteiger partial charge in [-0.3, -0.25) is 9.59 Å². The van der Waals surface area contributed by atoms with E-state index in [9.17, 15) is 14.0 Å². The fourth-order valence-electron chi connectivity index (χ4n) is 2.74. The zero-order chi connectivity index (χ0) is 20.7. The third kappa shape index (κ3) is 3.81. The van der Waals surface area contributed by atoms with E-state index in [1.54, 1.807) is 30.3 Å². The van der Waals surface area contributed by atoms with Gasteiger partial charge in [0.25, 0.3) is 11.1 Å².